The topological polar surface area (TPSA) is 34.2 Å². The fourth-order valence-electron chi connectivity index (χ4n) is 9.95. The largest absolute Gasteiger partial charge is 0.472 e. The van der Waals surface area contributed by atoms with Gasteiger partial charge in [0.15, 0.2) is 5.60 Å². The van der Waals surface area contributed by atoms with Crippen LogP contribution in [-0.2, 0) is 20.5 Å². The molecule has 0 atom stereocenters. The molecule has 0 saturated carbocycles. The Labute approximate surface area is 335 Å². The SMILES string of the molecule is CCCC1(CCC)c2ccccc2-c2c1c1c(c3cc(SC)c(SC)cc23)OC(c2ccc(N3CCOCC3)cc2)(c2ccc(N3CCOCC3)cc2)C=C1. The Hall–Kier alpha value is -3.88. The lowest BCUT2D eigenvalue weighted by atomic mass is 9.69. The summed E-state index contributed by atoms with van der Waals surface area (Å²) in [5.41, 5.74) is 10.8. The molecule has 5 aromatic carbocycles. The first-order valence-electron chi connectivity index (χ1n) is 20.2. The minimum absolute atomic E-state index is 0.0846. The van der Waals surface area contributed by atoms with E-state index in [0.29, 0.717) is 0 Å². The number of anilines is 2. The zero-order valence-electron chi connectivity index (χ0n) is 32.7. The zero-order valence-corrected chi connectivity index (χ0v) is 34.3. The van der Waals surface area contributed by atoms with Crippen molar-refractivity contribution in [2.75, 3.05) is 74.9 Å². The Morgan fingerprint density at radius 1 is 0.655 bits per heavy atom. The van der Waals surface area contributed by atoms with Crippen LogP contribution in [0.3, 0.4) is 0 Å². The average Bonchev–Trinajstić information content (AvgIpc) is 3.53. The van der Waals surface area contributed by atoms with Gasteiger partial charge in [-0.05, 0) is 95.5 Å². The number of ether oxygens (including phenoxy) is 3. The van der Waals surface area contributed by atoms with Crippen molar-refractivity contribution in [3.8, 4) is 16.9 Å². The standard InChI is InChI=1S/C48H52N2O3S2/c1-5-20-47(21-6-2)41-10-8-7-9-37(41)44-39-31-42(54-3)43(55-4)32-40(39)46-38(45(44)47)19-22-48(53-46,33-11-15-35(16-12-33)49-23-27-51-28-24-49)34-13-17-36(18-14-34)50-25-29-52-30-26-50/h7-19,22,31-32H,5-6,20-21,23-30H2,1-4H3. The molecule has 0 unspecified atom stereocenters. The number of rotatable bonds is 10. The van der Waals surface area contributed by atoms with Gasteiger partial charge in [-0.25, -0.2) is 0 Å². The highest BCUT2D eigenvalue weighted by atomic mass is 32.2. The summed E-state index contributed by atoms with van der Waals surface area (Å²) < 4.78 is 19.2. The maximum absolute atomic E-state index is 7.85. The number of hydrogen-bond acceptors (Lipinski definition) is 7. The molecule has 0 radical (unpaired) electrons. The Morgan fingerprint density at radius 3 is 1.71 bits per heavy atom. The Balaban J connectivity index is 1.29. The van der Waals surface area contributed by atoms with E-state index in [0.717, 1.165) is 95.2 Å². The van der Waals surface area contributed by atoms with Crippen molar-refractivity contribution in [3.05, 3.63) is 119 Å². The number of thioether (sulfide) groups is 2. The van der Waals surface area contributed by atoms with Gasteiger partial charge in [-0.2, -0.15) is 0 Å². The van der Waals surface area contributed by atoms with Gasteiger partial charge in [0.05, 0.1) is 26.4 Å². The van der Waals surface area contributed by atoms with Gasteiger partial charge in [0.25, 0.3) is 0 Å². The molecule has 3 heterocycles. The molecule has 0 aromatic heterocycles. The second-order valence-corrected chi connectivity index (χ2v) is 17.0. The van der Waals surface area contributed by atoms with E-state index < -0.39 is 5.60 Å². The number of nitrogens with zero attached hydrogens (tertiary/aromatic N) is 2. The summed E-state index contributed by atoms with van der Waals surface area (Å²) in [7, 11) is 0. The molecular weight excluding hydrogens is 717 g/mol. The molecular formula is C48H52N2O3S2. The van der Waals surface area contributed by atoms with Crippen molar-refractivity contribution in [2.24, 2.45) is 0 Å². The first-order valence-corrected chi connectivity index (χ1v) is 22.6. The molecule has 5 aromatic rings. The number of morpholine rings is 2. The Kier molecular flexibility index (Phi) is 10.2. The summed E-state index contributed by atoms with van der Waals surface area (Å²) in [4.78, 5) is 7.45. The van der Waals surface area contributed by atoms with Crippen LogP contribution in [0.25, 0.3) is 28.0 Å². The number of fused-ring (bicyclic) bond motifs is 8. The minimum Gasteiger partial charge on any atom is -0.472 e. The third-order valence-electron chi connectivity index (χ3n) is 12.4. The van der Waals surface area contributed by atoms with E-state index >= 15 is 0 Å². The van der Waals surface area contributed by atoms with Crippen LogP contribution in [0.15, 0.2) is 101 Å². The summed E-state index contributed by atoms with van der Waals surface area (Å²) >= 11 is 3.66. The maximum atomic E-state index is 7.85. The van der Waals surface area contributed by atoms with Crippen LogP contribution >= 0.6 is 23.5 Å². The van der Waals surface area contributed by atoms with E-state index in [1.54, 1.807) is 0 Å². The lowest BCUT2D eigenvalue weighted by Gasteiger charge is -2.40. The maximum Gasteiger partial charge on any atom is 0.178 e. The highest BCUT2D eigenvalue weighted by molar-refractivity contribution is 8.01. The summed E-state index contributed by atoms with van der Waals surface area (Å²) in [6.07, 6.45) is 13.6. The number of benzene rings is 5. The molecule has 9 rings (SSSR count). The van der Waals surface area contributed by atoms with Crippen LogP contribution in [-0.4, -0.2) is 65.1 Å². The summed E-state index contributed by atoms with van der Waals surface area (Å²) in [6.45, 7) is 11.4. The second kappa shape index (κ2) is 15.2. The van der Waals surface area contributed by atoms with Crippen molar-refractivity contribution in [2.45, 2.75) is 60.3 Å². The van der Waals surface area contributed by atoms with Crippen LogP contribution in [0.5, 0.6) is 5.75 Å². The van der Waals surface area contributed by atoms with Gasteiger partial charge in [0.1, 0.15) is 5.75 Å². The lowest BCUT2D eigenvalue weighted by Crippen LogP contribution is -2.37. The van der Waals surface area contributed by atoms with E-state index in [2.05, 4.69) is 133 Å². The molecule has 3 aliphatic heterocycles. The monoisotopic (exact) mass is 768 g/mol. The molecule has 55 heavy (non-hydrogen) atoms. The van der Waals surface area contributed by atoms with Gasteiger partial charge >= 0.3 is 0 Å². The van der Waals surface area contributed by atoms with Gasteiger partial charge < -0.3 is 24.0 Å². The van der Waals surface area contributed by atoms with Crippen molar-refractivity contribution >= 4 is 51.7 Å². The van der Waals surface area contributed by atoms with Crippen LogP contribution in [0.1, 0.15) is 67.3 Å². The van der Waals surface area contributed by atoms with Crippen LogP contribution in [0, 0.1) is 0 Å². The molecule has 2 saturated heterocycles. The predicted octanol–water partition coefficient (Wildman–Crippen LogP) is 11.2. The summed E-state index contributed by atoms with van der Waals surface area (Å²) in [6, 6.07) is 32.4. The van der Waals surface area contributed by atoms with Crippen molar-refractivity contribution < 1.29 is 14.2 Å². The first-order chi connectivity index (χ1) is 27.0. The first kappa shape index (κ1) is 36.7. The average molecular weight is 769 g/mol. The normalized spacial score (nSPS) is 18.2. The van der Waals surface area contributed by atoms with E-state index in [1.807, 2.05) is 23.5 Å². The minimum atomic E-state index is -0.831. The van der Waals surface area contributed by atoms with E-state index in [4.69, 9.17) is 14.2 Å². The molecule has 4 aliphatic rings. The van der Waals surface area contributed by atoms with Gasteiger partial charge in [-0.1, -0.05) is 81.3 Å². The third-order valence-corrected chi connectivity index (χ3v) is 14.1. The summed E-state index contributed by atoms with van der Waals surface area (Å²) in [5.74, 6) is 0.998. The highest BCUT2D eigenvalue weighted by Crippen LogP contribution is 2.61. The van der Waals surface area contributed by atoms with E-state index in [1.165, 1.54) is 59.8 Å². The number of hydrogen-bond donors (Lipinski definition) is 0. The second-order valence-electron chi connectivity index (χ2n) is 15.3. The van der Waals surface area contributed by atoms with Crippen LogP contribution in [0.2, 0.25) is 0 Å². The Morgan fingerprint density at radius 2 is 1.18 bits per heavy atom. The fourth-order valence-corrected chi connectivity index (χ4v) is 11.4. The van der Waals surface area contributed by atoms with E-state index in [-0.39, 0.29) is 5.41 Å². The van der Waals surface area contributed by atoms with Gasteiger partial charge in [0.2, 0.25) is 0 Å². The lowest BCUT2D eigenvalue weighted by molar-refractivity contribution is 0.122. The highest BCUT2D eigenvalue weighted by Gasteiger charge is 2.47. The molecule has 7 heteroatoms. The molecule has 0 amide bonds. The van der Waals surface area contributed by atoms with Gasteiger partial charge in [-0.15, -0.1) is 23.5 Å². The fraction of sp³-hybridized carbons (Fsp3) is 0.375. The Bertz CT molecular complexity index is 2150. The summed E-state index contributed by atoms with van der Waals surface area (Å²) in [5, 5.41) is 2.49. The van der Waals surface area contributed by atoms with Crippen molar-refractivity contribution in [3.63, 3.8) is 0 Å². The van der Waals surface area contributed by atoms with Crippen molar-refractivity contribution in [1.82, 2.24) is 0 Å². The molecule has 0 spiro atoms. The molecule has 0 bridgehead atoms. The van der Waals surface area contributed by atoms with Crippen LogP contribution < -0.4 is 14.5 Å². The molecule has 5 nitrogen and oxygen atoms in total. The third kappa shape index (κ3) is 6.08. The van der Waals surface area contributed by atoms with Crippen molar-refractivity contribution in [1.29, 1.82) is 0 Å². The zero-order chi connectivity index (χ0) is 37.6. The van der Waals surface area contributed by atoms with Crippen LogP contribution in [0.4, 0.5) is 11.4 Å². The smallest absolute Gasteiger partial charge is 0.178 e. The molecule has 1 aliphatic carbocycles. The quantitative estimate of drug-likeness (QED) is 0.131. The van der Waals surface area contributed by atoms with Gasteiger partial charge in [-0.3, -0.25) is 0 Å². The molecule has 0 N–H and O–H groups in total. The van der Waals surface area contributed by atoms with E-state index in [9.17, 15) is 0 Å². The molecule has 2 fully saturated rings. The van der Waals surface area contributed by atoms with Gasteiger partial charge in [0, 0.05) is 74.8 Å². The predicted molar refractivity (Wildman–Crippen MR) is 233 cm³/mol. The molecule has 284 valence electrons.